The van der Waals surface area contributed by atoms with Crippen LogP contribution in [0.25, 0.3) is 22.4 Å². The number of nitrogens with one attached hydrogen (secondary N) is 1. The van der Waals surface area contributed by atoms with Crippen molar-refractivity contribution in [2.75, 3.05) is 19.4 Å². The zero-order chi connectivity index (χ0) is 23.2. The second kappa shape index (κ2) is 7.88. The van der Waals surface area contributed by atoms with E-state index in [1.165, 1.54) is 26.2 Å². The van der Waals surface area contributed by atoms with Gasteiger partial charge in [-0.05, 0) is 51.1 Å². The van der Waals surface area contributed by atoms with Crippen molar-refractivity contribution in [3.05, 3.63) is 59.2 Å². The number of benzene rings is 1. The lowest BCUT2D eigenvalue weighted by Crippen LogP contribution is -2.22. The van der Waals surface area contributed by atoms with Crippen LogP contribution in [0.5, 0.6) is 0 Å². The third kappa shape index (κ3) is 3.78. The van der Waals surface area contributed by atoms with Crippen molar-refractivity contribution < 1.29 is 22.2 Å². The Balaban J connectivity index is 1.78. The van der Waals surface area contributed by atoms with Gasteiger partial charge in [0.05, 0.1) is 27.2 Å². The molecule has 32 heavy (non-hydrogen) atoms. The Bertz CT molecular complexity index is 1450. The molecule has 0 atom stereocenters. The first-order valence-electron chi connectivity index (χ1n) is 9.76. The number of pyridine rings is 1. The topological polar surface area (TPSA) is 119 Å². The highest BCUT2D eigenvalue weighted by atomic mass is 32.2. The fraction of sp³-hybridized carbons (Fsp3) is 0.227. The van der Waals surface area contributed by atoms with Gasteiger partial charge in [-0.2, -0.15) is 0 Å². The van der Waals surface area contributed by atoms with Gasteiger partial charge in [-0.15, -0.1) is 0 Å². The van der Waals surface area contributed by atoms with Crippen LogP contribution >= 0.6 is 0 Å². The minimum atomic E-state index is -3.64. The number of hydrogen-bond donors (Lipinski definition) is 1. The number of sulfonamides is 1. The number of carbonyl (C=O) groups is 1. The summed E-state index contributed by atoms with van der Waals surface area (Å²) in [6.45, 7) is 5.37. The summed E-state index contributed by atoms with van der Waals surface area (Å²) < 4.78 is 36.9. The van der Waals surface area contributed by atoms with Crippen molar-refractivity contribution in [3.63, 3.8) is 0 Å². The third-order valence-corrected chi connectivity index (χ3v) is 6.86. The zero-order valence-electron chi connectivity index (χ0n) is 18.3. The molecule has 3 aromatic heterocycles. The first-order valence-corrected chi connectivity index (χ1v) is 11.2. The Morgan fingerprint density at radius 2 is 1.84 bits per heavy atom. The van der Waals surface area contributed by atoms with E-state index in [2.05, 4.69) is 15.5 Å². The Morgan fingerprint density at radius 3 is 2.50 bits per heavy atom. The van der Waals surface area contributed by atoms with Gasteiger partial charge in [0.1, 0.15) is 11.5 Å². The highest BCUT2D eigenvalue weighted by molar-refractivity contribution is 7.89. The van der Waals surface area contributed by atoms with Crippen molar-refractivity contribution in [2.45, 2.75) is 25.7 Å². The molecule has 3 heterocycles. The van der Waals surface area contributed by atoms with Gasteiger partial charge in [-0.3, -0.25) is 4.79 Å². The van der Waals surface area contributed by atoms with Crippen LogP contribution in [-0.2, 0) is 10.0 Å². The highest BCUT2D eigenvalue weighted by Gasteiger charge is 2.22. The molecule has 0 bridgehead atoms. The summed E-state index contributed by atoms with van der Waals surface area (Å²) in [6, 6.07) is 9.57. The van der Waals surface area contributed by atoms with Gasteiger partial charge in [-0.1, -0.05) is 11.2 Å². The van der Waals surface area contributed by atoms with E-state index in [0.29, 0.717) is 33.8 Å². The number of aromatic nitrogens is 2. The second-order valence-corrected chi connectivity index (χ2v) is 9.75. The number of anilines is 1. The first-order chi connectivity index (χ1) is 15.1. The summed E-state index contributed by atoms with van der Waals surface area (Å²) in [7, 11) is -0.744. The Kier molecular flexibility index (Phi) is 5.35. The third-order valence-electron chi connectivity index (χ3n) is 5.05. The molecule has 0 aliphatic carbocycles. The Labute approximate surface area is 185 Å². The first kappa shape index (κ1) is 21.7. The lowest BCUT2D eigenvalue weighted by Gasteiger charge is -2.13. The van der Waals surface area contributed by atoms with E-state index in [0.717, 1.165) is 15.6 Å². The van der Waals surface area contributed by atoms with Crippen molar-refractivity contribution in [2.24, 2.45) is 0 Å². The van der Waals surface area contributed by atoms with Gasteiger partial charge in [0, 0.05) is 25.3 Å². The van der Waals surface area contributed by atoms with E-state index in [1.807, 2.05) is 19.9 Å². The molecule has 0 aliphatic rings. The number of amides is 1. The normalized spacial score (nSPS) is 11.9. The van der Waals surface area contributed by atoms with Crippen LogP contribution in [0.15, 0.2) is 50.2 Å². The summed E-state index contributed by atoms with van der Waals surface area (Å²) in [5.41, 5.74) is 2.65. The van der Waals surface area contributed by atoms with Crippen molar-refractivity contribution in [3.8, 4) is 11.3 Å². The van der Waals surface area contributed by atoms with Crippen LogP contribution in [0, 0.1) is 20.8 Å². The predicted octanol–water partition coefficient (Wildman–Crippen LogP) is 3.91. The van der Waals surface area contributed by atoms with Gasteiger partial charge < -0.3 is 14.3 Å². The fourth-order valence-electron chi connectivity index (χ4n) is 3.44. The van der Waals surface area contributed by atoms with Crippen LogP contribution < -0.4 is 5.32 Å². The van der Waals surface area contributed by atoms with Crippen LogP contribution in [0.3, 0.4) is 0 Å². The molecule has 0 unspecified atom stereocenters. The van der Waals surface area contributed by atoms with Crippen LogP contribution in [-0.4, -0.2) is 42.9 Å². The maximum atomic E-state index is 13.3. The summed E-state index contributed by atoms with van der Waals surface area (Å²) >= 11 is 0. The van der Waals surface area contributed by atoms with E-state index >= 15 is 0 Å². The summed E-state index contributed by atoms with van der Waals surface area (Å²) in [4.78, 5) is 17.8. The molecule has 4 aromatic rings. The van der Waals surface area contributed by atoms with Crippen LogP contribution in [0.4, 0.5) is 5.69 Å². The standard InChI is InChI=1S/C22H22N4O5S/c1-12-9-17(14(3)30-12)19-11-18(20-13(2)25-31-22(20)24-19)21(27)23-15-7-6-8-16(10-15)32(28,29)26(4)5/h6-11H,1-5H3,(H,23,27). The molecule has 1 aromatic carbocycles. The van der Waals surface area contributed by atoms with Gasteiger partial charge in [0.15, 0.2) is 0 Å². The molecule has 0 spiro atoms. The number of rotatable bonds is 5. The van der Waals surface area contributed by atoms with Gasteiger partial charge in [-0.25, -0.2) is 17.7 Å². The fourth-order valence-corrected chi connectivity index (χ4v) is 4.39. The lowest BCUT2D eigenvalue weighted by atomic mass is 10.1. The molecule has 9 nitrogen and oxygen atoms in total. The minimum Gasteiger partial charge on any atom is -0.466 e. The second-order valence-electron chi connectivity index (χ2n) is 7.60. The van der Waals surface area contributed by atoms with Crippen LogP contribution in [0.1, 0.15) is 27.6 Å². The van der Waals surface area contributed by atoms with Gasteiger partial charge in [0.25, 0.3) is 11.6 Å². The minimum absolute atomic E-state index is 0.0755. The predicted molar refractivity (Wildman–Crippen MR) is 119 cm³/mol. The largest absolute Gasteiger partial charge is 0.466 e. The van der Waals surface area contributed by atoms with E-state index in [-0.39, 0.29) is 10.6 Å². The monoisotopic (exact) mass is 454 g/mol. The number of carbonyl (C=O) groups excluding carboxylic acids is 1. The summed E-state index contributed by atoms with van der Waals surface area (Å²) in [5.74, 6) is 0.943. The molecule has 10 heteroatoms. The molecule has 0 radical (unpaired) electrons. The molecule has 0 saturated heterocycles. The van der Waals surface area contributed by atoms with Gasteiger partial charge in [0.2, 0.25) is 10.0 Å². The smallest absolute Gasteiger partial charge is 0.259 e. The zero-order valence-corrected chi connectivity index (χ0v) is 19.1. The van der Waals surface area contributed by atoms with E-state index in [9.17, 15) is 13.2 Å². The number of hydrogen-bond acceptors (Lipinski definition) is 7. The molecule has 0 aliphatic heterocycles. The van der Waals surface area contributed by atoms with E-state index in [4.69, 9.17) is 8.94 Å². The molecule has 0 fully saturated rings. The molecule has 4 rings (SSSR count). The molecule has 1 N–H and O–H groups in total. The Hall–Kier alpha value is -3.50. The van der Waals surface area contributed by atoms with E-state index in [1.54, 1.807) is 25.1 Å². The van der Waals surface area contributed by atoms with Crippen molar-refractivity contribution in [1.82, 2.24) is 14.4 Å². The maximum absolute atomic E-state index is 13.3. The molecule has 166 valence electrons. The summed E-state index contributed by atoms with van der Waals surface area (Å²) in [6.07, 6.45) is 0. The molecule has 0 saturated carbocycles. The van der Waals surface area contributed by atoms with Gasteiger partial charge >= 0.3 is 0 Å². The number of fused-ring (bicyclic) bond motifs is 1. The van der Waals surface area contributed by atoms with Crippen molar-refractivity contribution in [1.29, 1.82) is 0 Å². The average molecular weight is 455 g/mol. The molecule has 1 amide bonds. The summed E-state index contributed by atoms with van der Waals surface area (Å²) in [5, 5.41) is 7.21. The maximum Gasteiger partial charge on any atom is 0.259 e. The number of aryl methyl sites for hydroxylation is 3. The molecular weight excluding hydrogens is 432 g/mol. The SMILES string of the molecule is Cc1cc(-c2cc(C(=O)Nc3cccc(S(=O)(=O)N(C)C)c3)c3c(C)noc3n2)c(C)o1. The van der Waals surface area contributed by atoms with E-state index < -0.39 is 15.9 Å². The van der Waals surface area contributed by atoms with Crippen LogP contribution in [0.2, 0.25) is 0 Å². The quantitative estimate of drug-likeness (QED) is 0.486. The highest BCUT2D eigenvalue weighted by Crippen LogP contribution is 2.31. The lowest BCUT2D eigenvalue weighted by molar-refractivity contribution is 0.102. The Morgan fingerprint density at radius 1 is 1.09 bits per heavy atom. The average Bonchev–Trinajstić information content (AvgIpc) is 3.28. The molecular formula is C22H22N4O5S. The van der Waals surface area contributed by atoms with Crippen molar-refractivity contribution >= 4 is 32.7 Å². The number of nitrogens with zero attached hydrogens (tertiary/aromatic N) is 3. The number of furan rings is 1.